The van der Waals surface area contributed by atoms with Crippen LogP contribution in [0, 0.1) is 0 Å². The van der Waals surface area contributed by atoms with Crippen molar-refractivity contribution in [3.05, 3.63) is 106 Å². The summed E-state index contributed by atoms with van der Waals surface area (Å²) in [4.78, 5) is 13.1. The van der Waals surface area contributed by atoms with E-state index in [9.17, 15) is 9.90 Å². The number of fused-ring (bicyclic) bond motifs is 1. The second kappa shape index (κ2) is 8.88. The summed E-state index contributed by atoms with van der Waals surface area (Å²) in [5, 5.41) is 16.4. The predicted octanol–water partition coefficient (Wildman–Crippen LogP) is 6.38. The van der Waals surface area contributed by atoms with E-state index in [1.54, 1.807) is 55.6 Å². The van der Waals surface area contributed by atoms with Crippen molar-refractivity contribution in [2.24, 2.45) is 0 Å². The number of nitrogens with one attached hydrogen (secondary N) is 1. The molecule has 0 saturated heterocycles. The van der Waals surface area contributed by atoms with Gasteiger partial charge in [0.2, 0.25) is 0 Å². The van der Waals surface area contributed by atoms with Gasteiger partial charge in [-0.1, -0.05) is 59.6 Å². The minimum Gasteiger partial charge on any atom is -0.508 e. The summed E-state index contributed by atoms with van der Waals surface area (Å²) in [6.07, 6.45) is 0. The van der Waals surface area contributed by atoms with Gasteiger partial charge in [0.15, 0.2) is 0 Å². The number of methoxy groups -OCH3 is 1. The van der Waals surface area contributed by atoms with Gasteiger partial charge in [0.1, 0.15) is 11.5 Å². The lowest BCUT2D eigenvalue weighted by atomic mass is 9.92. The molecule has 0 bridgehead atoms. The first-order valence-electron chi connectivity index (χ1n) is 9.58. The number of amides is 1. The molecule has 0 aliphatic rings. The number of phenols is 1. The molecule has 31 heavy (non-hydrogen) atoms. The molecular weight excluding hydrogens is 433 g/mol. The smallest absolute Gasteiger partial charge is 0.252 e. The highest BCUT2D eigenvalue weighted by atomic mass is 35.5. The predicted molar refractivity (Wildman–Crippen MR) is 124 cm³/mol. The van der Waals surface area contributed by atoms with E-state index in [1.807, 2.05) is 30.3 Å². The third kappa shape index (κ3) is 4.31. The number of hydrogen-bond acceptors (Lipinski definition) is 3. The zero-order valence-electron chi connectivity index (χ0n) is 16.6. The lowest BCUT2D eigenvalue weighted by Crippen LogP contribution is -2.29. The molecule has 6 heteroatoms. The summed E-state index contributed by atoms with van der Waals surface area (Å²) in [6, 6.07) is 22.3. The highest BCUT2D eigenvalue weighted by molar-refractivity contribution is 6.35. The molecule has 4 rings (SSSR count). The Morgan fingerprint density at radius 3 is 2.42 bits per heavy atom. The lowest BCUT2D eigenvalue weighted by molar-refractivity contribution is 0.0943. The van der Waals surface area contributed by atoms with E-state index >= 15 is 0 Å². The molecule has 4 aromatic carbocycles. The van der Waals surface area contributed by atoms with Crippen molar-refractivity contribution < 1.29 is 14.6 Å². The van der Waals surface area contributed by atoms with Gasteiger partial charge in [-0.15, -0.1) is 0 Å². The third-order valence-electron chi connectivity index (χ3n) is 5.14. The van der Waals surface area contributed by atoms with Crippen molar-refractivity contribution in [3.63, 3.8) is 0 Å². The number of ether oxygens (including phenoxy) is 1. The van der Waals surface area contributed by atoms with E-state index in [2.05, 4.69) is 5.32 Å². The molecule has 1 unspecified atom stereocenters. The van der Waals surface area contributed by atoms with E-state index in [0.29, 0.717) is 32.5 Å². The van der Waals surface area contributed by atoms with E-state index in [4.69, 9.17) is 27.9 Å². The summed E-state index contributed by atoms with van der Waals surface area (Å²) >= 11 is 12.6. The summed E-state index contributed by atoms with van der Waals surface area (Å²) in [7, 11) is 1.57. The van der Waals surface area contributed by atoms with Crippen molar-refractivity contribution >= 4 is 39.9 Å². The highest BCUT2D eigenvalue weighted by Gasteiger charge is 2.25. The first kappa shape index (κ1) is 21.0. The first-order valence-corrected chi connectivity index (χ1v) is 10.3. The summed E-state index contributed by atoms with van der Waals surface area (Å²) in [5.41, 5.74) is 1.64. The molecule has 156 valence electrons. The van der Waals surface area contributed by atoms with Crippen LogP contribution < -0.4 is 10.1 Å². The Labute approximate surface area is 190 Å². The third-order valence-corrected chi connectivity index (χ3v) is 5.70. The summed E-state index contributed by atoms with van der Waals surface area (Å²) in [5.74, 6) is 0.399. The maximum Gasteiger partial charge on any atom is 0.252 e. The van der Waals surface area contributed by atoms with Gasteiger partial charge >= 0.3 is 0 Å². The van der Waals surface area contributed by atoms with Gasteiger partial charge in [-0.05, 0) is 58.8 Å². The quantitative estimate of drug-likeness (QED) is 0.370. The number of benzene rings is 4. The summed E-state index contributed by atoms with van der Waals surface area (Å²) < 4.78 is 5.16. The van der Waals surface area contributed by atoms with Crippen LogP contribution in [-0.4, -0.2) is 18.1 Å². The van der Waals surface area contributed by atoms with Crippen molar-refractivity contribution in [2.45, 2.75) is 6.04 Å². The number of carbonyl (C=O) groups is 1. The lowest BCUT2D eigenvalue weighted by Gasteiger charge is -2.24. The molecule has 0 radical (unpaired) electrons. The van der Waals surface area contributed by atoms with Crippen LogP contribution in [0.25, 0.3) is 10.8 Å². The van der Waals surface area contributed by atoms with Crippen LogP contribution in [0.15, 0.2) is 78.9 Å². The fourth-order valence-electron chi connectivity index (χ4n) is 3.59. The number of phenolic OH excluding ortho intramolecular Hbond substituents is 1. The molecule has 1 amide bonds. The van der Waals surface area contributed by atoms with Crippen LogP contribution >= 0.6 is 23.2 Å². The molecular formula is C25H19Cl2NO3. The van der Waals surface area contributed by atoms with Crippen LogP contribution in [0.5, 0.6) is 11.5 Å². The van der Waals surface area contributed by atoms with Gasteiger partial charge in [0, 0.05) is 21.2 Å². The average molecular weight is 452 g/mol. The number of carbonyl (C=O) groups excluding carboxylic acids is 1. The van der Waals surface area contributed by atoms with Gasteiger partial charge in [-0.2, -0.15) is 0 Å². The molecule has 4 aromatic rings. The summed E-state index contributed by atoms with van der Waals surface area (Å²) in [6.45, 7) is 0. The van der Waals surface area contributed by atoms with Crippen molar-refractivity contribution in [3.8, 4) is 11.5 Å². The van der Waals surface area contributed by atoms with Gasteiger partial charge in [-0.25, -0.2) is 0 Å². The maximum absolute atomic E-state index is 13.1. The van der Waals surface area contributed by atoms with Crippen LogP contribution in [0.3, 0.4) is 0 Å². The molecule has 0 spiro atoms. The minimum atomic E-state index is -0.703. The molecule has 0 fully saturated rings. The fraction of sp³-hybridized carbons (Fsp3) is 0.0800. The zero-order chi connectivity index (χ0) is 22.0. The van der Waals surface area contributed by atoms with E-state index in [-0.39, 0.29) is 11.7 Å². The number of aromatic hydroxyl groups is 1. The van der Waals surface area contributed by atoms with Crippen LogP contribution in [0.4, 0.5) is 0 Å². The molecule has 0 aliphatic heterocycles. The van der Waals surface area contributed by atoms with E-state index < -0.39 is 6.04 Å². The molecule has 1 atom stereocenters. The van der Waals surface area contributed by atoms with Gasteiger partial charge in [0.25, 0.3) is 5.91 Å². The van der Waals surface area contributed by atoms with Crippen LogP contribution in [-0.2, 0) is 0 Å². The normalized spacial score (nSPS) is 11.8. The maximum atomic E-state index is 13.1. The Bertz CT molecular complexity index is 1260. The SMILES string of the molecule is COc1ccc(C(=O)NC(c2ccc(Cl)cc2Cl)c2c(O)ccc3ccccc23)cc1. The van der Waals surface area contributed by atoms with Crippen molar-refractivity contribution in [2.75, 3.05) is 7.11 Å². The largest absolute Gasteiger partial charge is 0.508 e. The van der Waals surface area contributed by atoms with E-state index in [1.165, 1.54) is 0 Å². The Morgan fingerprint density at radius 2 is 1.71 bits per heavy atom. The Morgan fingerprint density at radius 1 is 0.968 bits per heavy atom. The van der Waals surface area contributed by atoms with Gasteiger partial charge in [-0.3, -0.25) is 4.79 Å². The monoisotopic (exact) mass is 451 g/mol. The van der Waals surface area contributed by atoms with Gasteiger partial charge in [0.05, 0.1) is 13.2 Å². The molecule has 0 aliphatic carbocycles. The molecule has 0 saturated carbocycles. The molecule has 4 nitrogen and oxygen atoms in total. The minimum absolute atomic E-state index is 0.0600. The van der Waals surface area contributed by atoms with Crippen molar-refractivity contribution in [1.29, 1.82) is 0 Å². The van der Waals surface area contributed by atoms with Crippen molar-refractivity contribution in [1.82, 2.24) is 5.32 Å². The second-order valence-corrected chi connectivity index (χ2v) is 7.86. The van der Waals surface area contributed by atoms with Gasteiger partial charge < -0.3 is 15.2 Å². The number of halogens is 2. The van der Waals surface area contributed by atoms with Crippen LogP contribution in [0.1, 0.15) is 27.5 Å². The zero-order valence-corrected chi connectivity index (χ0v) is 18.1. The Kier molecular flexibility index (Phi) is 6.03. The molecule has 0 aromatic heterocycles. The molecule has 0 heterocycles. The fourth-order valence-corrected chi connectivity index (χ4v) is 4.10. The Balaban J connectivity index is 1.85. The topological polar surface area (TPSA) is 58.6 Å². The highest BCUT2D eigenvalue weighted by Crippen LogP contribution is 2.39. The molecule has 2 N–H and O–H groups in total. The second-order valence-electron chi connectivity index (χ2n) is 7.02. The standard InChI is InChI=1S/C25H19Cl2NO3/c1-31-18-10-6-16(7-11-18)25(30)28-24(20-12-9-17(26)14-21(20)27)23-19-5-3-2-4-15(19)8-13-22(23)29/h2-14,24,29H,1H3,(H,28,30). The van der Waals surface area contributed by atoms with E-state index in [0.717, 1.165) is 10.8 Å². The number of hydrogen-bond donors (Lipinski definition) is 2. The Hall–Kier alpha value is -3.21. The number of rotatable bonds is 5. The first-order chi connectivity index (χ1) is 15.0. The average Bonchev–Trinajstić information content (AvgIpc) is 2.78. The van der Waals surface area contributed by atoms with Crippen LogP contribution in [0.2, 0.25) is 10.0 Å².